The fraction of sp³-hybridized carbons (Fsp3) is 0.333. The molecule has 6 heteroatoms. The Balaban J connectivity index is 2.12. The van der Waals surface area contributed by atoms with Crippen LogP contribution < -0.4 is 9.47 Å². The molecule has 0 aliphatic heterocycles. The van der Waals surface area contributed by atoms with Crippen molar-refractivity contribution in [3.63, 3.8) is 0 Å². The molecule has 24 heavy (non-hydrogen) atoms. The molecule has 0 heterocycles. The molecular weight excluding hydrogens is 326 g/mol. The minimum absolute atomic E-state index is 0.0168. The maximum atomic E-state index is 12.5. The van der Waals surface area contributed by atoms with Gasteiger partial charge in [-0.2, -0.15) is 0 Å². The van der Waals surface area contributed by atoms with E-state index in [0.717, 1.165) is 16.7 Å². The standard InChI is InChI=1S/C18H23NO4S/c1-14-5-7-15(8-6-14)13-24(20,21)19(2)12-16-9-10-17(22-3)18(11-16)23-4/h5-11H,12-13H2,1-4H3. The van der Waals surface area contributed by atoms with Gasteiger partial charge in [0.25, 0.3) is 0 Å². The molecule has 0 aliphatic carbocycles. The minimum Gasteiger partial charge on any atom is -0.493 e. The lowest BCUT2D eigenvalue weighted by atomic mass is 10.2. The van der Waals surface area contributed by atoms with Crippen LogP contribution in [0.3, 0.4) is 0 Å². The number of aryl methyl sites for hydroxylation is 1. The monoisotopic (exact) mass is 349 g/mol. The molecule has 0 unspecified atom stereocenters. The molecule has 0 bridgehead atoms. The van der Waals surface area contributed by atoms with Crippen LogP contribution in [0.1, 0.15) is 16.7 Å². The van der Waals surface area contributed by atoms with Crippen molar-refractivity contribution in [2.45, 2.75) is 19.2 Å². The van der Waals surface area contributed by atoms with Gasteiger partial charge < -0.3 is 9.47 Å². The Morgan fingerprint density at radius 3 is 2.08 bits per heavy atom. The maximum absolute atomic E-state index is 12.5. The summed E-state index contributed by atoms with van der Waals surface area (Å²) in [4.78, 5) is 0. The number of benzene rings is 2. The number of hydrogen-bond acceptors (Lipinski definition) is 4. The Kier molecular flexibility index (Phi) is 5.85. The van der Waals surface area contributed by atoms with Gasteiger partial charge >= 0.3 is 0 Å². The Hall–Kier alpha value is -2.05. The fourth-order valence-corrected chi connectivity index (χ4v) is 3.52. The molecule has 0 saturated heterocycles. The Labute approximate surface area is 143 Å². The van der Waals surface area contributed by atoms with Gasteiger partial charge in [0.1, 0.15) is 0 Å². The average Bonchev–Trinajstić information content (AvgIpc) is 2.56. The van der Waals surface area contributed by atoms with Crippen LogP contribution in [0.4, 0.5) is 0 Å². The van der Waals surface area contributed by atoms with Crippen LogP contribution >= 0.6 is 0 Å². The minimum atomic E-state index is -3.40. The molecule has 130 valence electrons. The third-order valence-electron chi connectivity index (χ3n) is 3.80. The van der Waals surface area contributed by atoms with E-state index in [-0.39, 0.29) is 12.3 Å². The summed E-state index contributed by atoms with van der Waals surface area (Å²) >= 11 is 0. The van der Waals surface area contributed by atoms with Gasteiger partial charge in [-0.1, -0.05) is 35.9 Å². The van der Waals surface area contributed by atoms with Crippen molar-refractivity contribution in [2.24, 2.45) is 0 Å². The molecule has 0 aromatic heterocycles. The molecule has 0 amide bonds. The van der Waals surface area contributed by atoms with Crippen molar-refractivity contribution in [2.75, 3.05) is 21.3 Å². The van der Waals surface area contributed by atoms with Crippen molar-refractivity contribution in [1.29, 1.82) is 0 Å². The van der Waals surface area contributed by atoms with Gasteiger partial charge in [0.05, 0.1) is 20.0 Å². The lowest BCUT2D eigenvalue weighted by Crippen LogP contribution is -2.27. The largest absolute Gasteiger partial charge is 0.493 e. The molecule has 5 nitrogen and oxygen atoms in total. The van der Waals surface area contributed by atoms with Crippen LogP contribution in [-0.2, 0) is 22.3 Å². The summed E-state index contributed by atoms with van der Waals surface area (Å²) in [5, 5.41) is 0. The number of sulfonamides is 1. The highest BCUT2D eigenvalue weighted by Crippen LogP contribution is 2.28. The molecule has 0 fully saturated rings. The zero-order valence-electron chi connectivity index (χ0n) is 14.4. The second-order valence-electron chi connectivity index (χ2n) is 5.69. The summed E-state index contributed by atoms with van der Waals surface area (Å²) in [6.45, 7) is 2.25. The molecule has 2 aromatic carbocycles. The number of hydrogen-bond donors (Lipinski definition) is 0. The topological polar surface area (TPSA) is 55.8 Å². The number of methoxy groups -OCH3 is 2. The highest BCUT2D eigenvalue weighted by Gasteiger charge is 2.19. The predicted molar refractivity (Wildman–Crippen MR) is 94.8 cm³/mol. The first-order valence-electron chi connectivity index (χ1n) is 7.56. The summed E-state index contributed by atoms with van der Waals surface area (Å²) in [6, 6.07) is 12.9. The van der Waals surface area contributed by atoms with Crippen LogP contribution in [0.25, 0.3) is 0 Å². The van der Waals surface area contributed by atoms with E-state index in [1.807, 2.05) is 37.3 Å². The third kappa shape index (κ3) is 4.49. The van der Waals surface area contributed by atoms with Crippen LogP contribution in [0.2, 0.25) is 0 Å². The average molecular weight is 349 g/mol. The molecule has 2 aromatic rings. The number of rotatable bonds is 7. The van der Waals surface area contributed by atoms with Crippen molar-refractivity contribution in [1.82, 2.24) is 4.31 Å². The predicted octanol–water partition coefficient (Wildman–Crippen LogP) is 2.97. The number of nitrogens with zero attached hydrogens (tertiary/aromatic N) is 1. The van der Waals surface area contributed by atoms with E-state index in [9.17, 15) is 8.42 Å². The van der Waals surface area contributed by atoms with Crippen molar-refractivity contribution >= 4 is 10.0 Å². The second-order valence-corrected chi connectivity index (χ2v) is 7.76. The Morgan fingerprint density at radius 2 is 1.50 bits per heavy atom. The summed E-state index contributed by atoms with van der Waals surface area (Å²) in [7, 11) is 1.31. The highest BCUT2D eigenvalue weighted by atomic mass is 32.2. The van der Waals surface area contributed by atoms with Gasteiger partial charge in [-0.3, -0.25) is 0 Å². The fourth-order valence-electron chi connectivity index (χ4n) is 2.34. The van der Waals surface area contributed by atoms with Gasteiger partial charge in [-0.25, -0.2) is 12.7 Å². The summed E-state index contributed by atoms with van der Waals surface area (Å²) in [6.07, 6.45) is 0. The van der Waals surface area contributed by atoms with Gasteiger partial charge in [0.15, 0.2) is 11.5 Å². The van der Waals surface area contributed by atoms with E-state index in [1.54, 1.807) is 33.4 Å². The summed E-state index contributed by atoms with van der Waals surface area (Å²) in [5.41, 5.74) is 2.72. The van der Waals surface area contributed by atoms with E-state index in [0.29, 0.717) is 11.5 Å². The first-order valence-corrected chi connectivity index (χ1v) is 9.17. The van der Waals surface area contributed by atoms with Crippen molar-refractivity contribution < 1.29 is 17.9 Å². The van der Waals surface area contributed by atoms with Gasteiger partial charge in [-0.15, -0.1) is 0 Å². The lowest BCUT2D eigenvalue weighted by Gasteiger charge is -2.18. The quantitative estimate of drug-likeness (QED) is 0.771. The molecular formula is C18H23NO4S. The van der Waals surface area contributed by atoms with E-state index < -0.39 is 10.0 Å². The van der Waals surface area contributed by atoms with Crippen LogP contribution in [0.5, 0.6) is 11.5 Å². The highest BCUT2D eigenvalue weighted by molar-refractivity contribution is 7.88. The Morgan fingerprint density at radius 1 is 0.917 bits per heavy atom. The molecule has 0 N–H and O–H groups in total. The SMILES string of the molecule is COc1ccc(CN(C)S(=O)(=O)Cc2ccc(C)cc2)cc1OC. The molecule has 0 saturated carbocycles. The van der Waals surface area contributed by atoms with Crippen molar-refractivity contribution in [3.8, 4) is 11.5 Å². The zero-order valence-corrected chi connectivity index (χ0v) is 15.3. The van der Waals surface area contributed by atoms with E-state index in [4.69, 9.17) is 9.47 Å². The van der Waals surface area contributed by atoms with E-state index in [1.165, 1.54) is 4.31 Å². The first kappa shape index (κ1) is 18.3. The molecule has 0 radical (unpaired) electrons. The van der Waals surface area contributed by atoms with Crippen LogP contribution in [-0.4, -0.2) is 34.0 Å². The first-order chi connectivity index (χ1) is 11.4. The Bertz CT molecular complexity index is 785. The normalized spacial score (nSPS) is 11.5. The van der Waals surface area contributed by atoms with E-state index in [2.05, 4.69) is 0 Å². The maximum Gasteiger partial charge on any atom is 0.218 e. The molecule has 0 atom stereocenters. The smallest absolute Gasteiger partial charge is 0.218 e. The summed E-state index contributed by atoms with van der Waals surface area (Å²) in [5.74, 6) is 1.18. The van der Waals surface area contributed by atoms with E-state index >= 15 is 0 Å². The number of ether oxygens (including phenoxy) is 2. The summed E-state index contributed by atoms with van der Waals surface area (Å²) < 4.78 is 36.9. The lowest BCUT2D eigenvalue weighted by molar-refractivity contribution is 0.354. The van der Waals surface area contributed by atoms with Gasteiger partial charge in [-0.05, 0) is 30.2 Å². The third-order valence-corrected chi connectivity index (χ3v) is 5.57. The molecule has 0 aliphatic rings. The van der Waals surface area contributed by atoms with Crippen LogP contribution in [0, 0.1) is 6.92 Å². The van der Waals surface area contributed by atoms with Gasteiger partial charge in [0.2, 0.25) is 10.0 Å². The van der Waals surface area contributed by atoms with Crippen LogP contribution in [0.15, 0.2) is 42.5 Å². The molecule has 2 rings (SSSR count). The van der Waals surface area contributed by atoms with Crippen molar-refractivity contribution in [3.05, 3.63) is 59.2 Å². The second kappa shape index (κ2) is 7.68. The molecule has 0 spiro atoms. The zero-order chi connectivity index (χ0) is 17.7. The van der Waals surface area contributed by atoms with Gasteiger partial charge in [0, 0.05) is 13.6 Å².